The highest BCUT2D eigenvalue weighted by molar-refractivity contribution is 7.80. The fraction of sp³-hybridized carbons (Fsp3) is 0.700. The minimum absolute atomic E-state index is 0.107. The number of hydrogen-bond donors (Lipinski definition) is 2. The van der Waals surface area contributed by atoms with Gasteiger partial charge in [-0.25, -0.2) is 4.68 Å². The summed E-state index contributed by atoms with van der Waals surface area (Å²) in [6.45, 7) is 3.23. The van der Waals surface area contributed by atoms with Crippen LogP contribution in [0.25, 0.3) is 0 Å². The van der Waals surface area contributed by atoms with Crippen molar-refractivity contribution in [1.82, 2.24) is 25.4 Å². The molecule has 19 heavy (non-hydrogen) atoms. The van der Waals surface area contributed by atoms with Crippen LogP contribution in [-0.2, 0) is 0 Å². The van der Waals surface area contributed by atoms with Crippen LogP contribution >= 0.6 is 12.2 Å². The lowest BCUT2D eigenvalue weighted by atomic mass is 10.3. The van der Waals surface area contributed by atoms with Crippen LogP contribution in [0.2, 0.25) is 0 Å². The van der Waals surface area contributed by atoms with Crippen molar-refractivity contribution in [2.45, 2.75) is 6.04 Å². The van der Waals surface area contributed by atoms with Gasteiger partial charge in [0.05, 0.1) is 6.61 Å². The van der Waals surface area contributed by atoms with Crippen LogP contribution in [0.5, 0.6) is 0 Å². The molecule has 1 saturated heterocycles. The summed E-state index contributed by atoms with van der Waals surface area (Å²) in [4.78, 5) is 8.35. The molecule has 8 nitrogen and oxygen atoms in total. The minimum atomic E-state index is -0.719. The first-order valence-electron chi connectivity index (χ1n) is 6.04. The maximum atomic E-state index is 9.26. The molecular weight excluding hydrogens is 266 g/mol. The highest BCUT2D eigenvalue weighted by Gasteiger charge is 2.23. The fourth-order valence-electron chi connectivity index (χ4n) is 1.96. The van der Waals surface area contributed by atoms with Crippen LogP contribution < -0.4 is 16.4 Å². The molecule has 1 aliphatic heterocycles. The predicted molar refractivity (Wildman–Crippen MR) is 76.0 cm³/mol. The minimum Gasteiger partial charge on any atom is -0.394 e. The topological polar surface area (TPSA) is 107 Å². The van der Waals surface area contributed by atoms with E-state index in [0.29, 0.717) is 5.95 Å². The van der Waals surface area contributed by atoms with Crippen molar-refractivity contribution in [1.29, 1.82) is 0 Å². The summed E-state index contributed by atoms with van der Waals surface area (Å²) >= 11 is 4.78. The summed E-state index contributed by atoms with van der Waals surface area (Å²) in [6, 6.07) is -0.719. The zero-order valence-corrected chi connectivity index (χ0v) is 11.6. The summed E-state index contributed by atoms with van der Waals surface area (Å²) in [5.74, 6) is 0.697. The van der Waals surface area contributed by atoms with Crippen molar-refractivity contribution < 1.29 is 5.11 Å². The Morgan fingerprint density at radius 3 is 2.63 bits per heavy atom. The molecule has 4 N–H and O–H groups in total. The van der Waals surface area contributed by atoms with E-state index in [1.807, 2.05) is 4.90 Å². The van der Waals surface area contributed by atoms with Crippen LogP contribution in [0.1, 0.15) is 6.04 Å². The van der Waals surface area contributed by atoms with Gasteiger partial charge in [-0.05, 0) is 7.05 Å². The van der Waals surface area contributed by atoms with Crippen molar-refractivity contribution in [3.8, 4) is 0 Å². The molecule has 2 rings (SSSR count). The van der Waals surface area contributed by atoms with E-state index >= 15 is 0 Å². The fourth-order valence-corrected chi connectivity index (χ4v) is 2.14. The van der Waals surface area contributed by atoms with E-state index in [1.165, 1.54) is 4.68 Å². The third kappa shape index (κ3) is 2.94. The maximum Gasteiger partial charge on any atom is 0.246 e. The molecular formula is C10H18N7OS. The zero-order chi connectivity index (χ0) is 14.0. The second-order valence-corrected chi connectivity index (χ2v) is 5.01. The number of aliphatic hydroxyl groups excluding tert-OH is 1. The van der Waals surface area contributed by atoms with Gasteiger partial charge < -0.3 is 20.6 Å². The molecule has 0 aromatic carbocycles. The van der Waals surface area contributed by atoms with E-state index in [9.17, 15) is 5.11 Å². The normalized spacial score (nSPS) is 18.5. The largest absolute Gasteiger partial charge is 0.394 e. The standard InChI is InChI=1S/C10H18N7OS/c1-15-2-4-16(5-3-15)10-13-9(12)17(14-10)7(6-18)8(11)19/h7,11,18H,2-6H2,1H3,(H2,12,13,14). The van der Waals surface area contributed by atoms with Crippen molar-refractivity contribution >= 4 is 29.1 Å². The number of rotatable bonds is 4. The van der Waals surface area contributed by atoms with Crippen molar-refractivity contribution in [2.24, 2.45) is 0 Å². The van der Waals surface area contributed by atoms with E-state index in [4.69, 9.17) is 23.7 Å². The lowest BCUT2D eigenvalue weighted by molar-refractivity contribution is 0.255. The Kier molecular flexibility index (Phi) is 4.17. The Labute approximate surface area is 117 Å². The molecule has 9 heteroatoms. The number of nitrogens with one attached hydrogen (secondary N) is 1. The number of piperazine rings is 1. The number of nitrogens with two attached hydrogens (primary N) is 1. The van der Waals surface area contributed by atoms with Gasteiger partial charge in [-0.3, -0.25) is 5.73 Å². The van der Waals surface area contributed by atoms with Gasteiger partial charge in [0.15, 0.2) is 0 Å². The summed E-state index contributed by atoms with van der Waals surface area (Å²) < 4.78 is 1.32. The van der Waals surface area contributed by atoms with Crippen LogP contribution in [0.4, 0.5) is 11.9 Å². The highest BCUT2D eigenvalue weighted by Crippen LogP contribution is 2.17. The number of nitrogens with zero attached hydrogens (tertiary/aromatic N) is 5. The Morgan fingerprint density at radius 2 is 2.11 bits per heavy atom. The van der Waals surface area contributed by atoms with Gasteiger partial charge in [-0.2, -0.15) is 4.98 Å². The van der Waals surface area contributed by atoms with Crippen molar-refractivity contribution in [2.75, 3.05) is 50.5 Å². The number of hydrogen-bond acceptors (Lipinski definition) is 7. The third-order valence-corrected chi connectivity index (χ3v) is 3.48. The van der Waals surface area contributed by atoms with Crippen LogP contribution in [0.3, 0.4) is 0 Å². The average Bonchev–Trinajstić information content (AvgIpc) is 2.73. The van der Waals surface area contributed by atoms with E-state index in [1.54, 1.807) is 0 Å². The summed E-state index contributed by atoms with van der Waals surface area (Å²) in [7, 11) is 2.07. The van der Waals surface area contributed by atoms with E-state index in [-0.39, 0.29) is 17.5 Å². The Morgan fingerprint density at radius 1 is 1.47 bits per heavy atom. The summed E-state index contributed by atoms with van der Waals surface area (Å²) in [5.41, 5.74) is 13.2. The molecule has 1 fully saturated rings. The Balaban J connectivity index is 2.18. The first kappa shape index (κ1) is 14.0. The smallest absolute Gasteiger partial charge is 0.246 e. The molecule has 0 saturated carbocycles. The number of nitrogen functional groups attached to an aromatic ring is 1. The van der Waals surface area contributed by atoms with Gasteiger partial charge in [0, 0.05) is 26.2 Å². The Hall–Kier alpha value is -1.45. The van der Waals surface area contributed by atoms with E-state index in [0.717, 1.165) is 26.2 Å². The second-order valence-electron chi connectivity index (χ2n) is 4.57. The Bertz CT molecular complexity index is 455. The quantitative estimate of drug-likeness (QED) is 0.666. The third-order valence-electron chi connectivity index (χ3n) is 3.20. The molecule has 1 radical (unpaired) electrons. The molecule has 0 aliphatic carbocycles. The predicted octanol–water partition coefficient (Wildman–Crippen LogP) is -1.24. The van der Waals surface area contributed by atoms with Crippen LogP contribution in [0.15, 0.2) is 0 Å². The second kappa shape index (κ2) is 5.68. The van der Waals surface area contributed by atoms with E-state index in [2.05, 4.69) is 22.0 Å². The molecule has 105 valence electrons. The molecule has 0 bridgehead atoms. The molecule has 1 aliphatic rings. The monoisotopic (exact) mass is 284 g/mol. The molecule has 1 aromatic rings. The molecule has 1 aromatic heterocycles. The summed E-state index contributed by atoms with van der Waals surface area (Å²) in [5, 5.41) is 13.5. The summed E-state index contributed by atoms with van der Waals surface area (Å²) in [6.07, 6.45) is 0. The van der Waals surface area contributed by atoms with Gasteiger partial charge >= 0.3 is 0 Å². The van der Waals surface area contributed by atoms with Gasteiger partial charge in [0.25, 0.3) is 0 Å². The first-order valence-corrected chi connectivity index (χ1v) is 6.45. The van der Waals surface area contributed by atoms with Gasteiger partial charge in [-0.1, -0.05) is 12.2 Å². The van der Waals surface area contributed by atoms with Crippen molar-refractivity contribution in [3.63, 3.8) is 0 Å². The SMILES string of the molecule is CN1CCN(c2nc(N)n(C(CO)C([NH])=S)n2)CC1. The van der Waals surface area contributed by atoms with Gasteiger partial charge in [0.2, 0.25) is 11.9 Å². The number of aliphatic hydroxyl groups is 1. The molecule has 1 unspecified atom stereocenters. The molecule has 0 amide bonds. The molecule has 0 spiro atoms. The highest BCUT2D eigenvalue weighted by atomic mass is 32.1. The number of aromatic nitrogens is 3. The van der Waals surface area contributed by atoms with E-state index < -0.39 is 6.04 Å². The maximum absolute atomic E-state index is 9.26. The number of likely N-dealkylation sites (N-methyl/N-ethyl adjacent to an activating group) is 1. The van der Waals surface area contributed by atoms with Crippen molar-refractivity contribution in [3.05, 3.63) is 0 Å². The average molecular weight is 284 g/mol. The first-order chi connectivity index (χ1) is 9.02. The lowest BCUT2D eigenvalue weighted by Crippen LogP contribution is -2.45. The zero-order valence-electron chi connectivity index (χ0n) is 10.8. The number of thiocarbonyl (C=S) groups is 1. The lowest BCUT2D eigenvalue weighted by Gasteiger charge is -2.31. The molecule has 1 atom stereocenters. The number of anilines is 2. The van der Waals surface area contributed by atoms with Gasteiger partial charge in [0.1, 0.15) is 11.0 Å². The van der Waals surface area contributed by atoms with Gasteiger partial charge in [-0.15, -0.1) is 5.10 Å². The van der Waals surface area contributed by atoms with Crippen LogP contribution in [0, 0.1) is 0 Å². The molecule has 2 heterocycles. The van der Waals surface area contributed by atoms with Crippen LogP contribution in [-0.4, -0.2) is 69.6 Å².